The number of aryl methyl sites for hydroxylation is 1. The van der Waals surface area contributed by atoms with Crippen LogP contribution >= 0.6 is 22.9 Å². The van der Waals surface area contributed by atoms with Gasteiger partial charge >= 0.3 is 6.09 Å². The minimum atomic E-state index is -4.02. The van der Waals surface area contributed by atoms with Gasteiger partial charge in [-0.2, -0.15) is 0 Å². The Kier molecular flexibility index (Phi) is 9.40. The van der Waals surface area contributed by atoms with Crippen molar-refractivity contribution in [3.8, 4) is 11.5 Å². The second kappa shape index (κ2) is 12.5. The Morgan fingerprint density at radius 2 is 1.98 bits per heavy atom. The second-order valence-electron chi connectivity index (χ2n) is 11.0. The quantitative estimate of drug-likeness (QED) is 0.277. The maximum atomic E-state index is 13.9. The predicted molar refractivity (Wildman–Crippen MR) is 161 cm³/mol. The zero-order chi connectivity index (χ0) is 29.9. The normalized spacial score (nSPS) is 17.7. The molecule has 222 valence electrons. The summed E-state index contributed by atoms with van der Waals surface area (Å²) in [5.41, 5.74) is 1.15. The van der Waals surface area contributed by atoms with Gasteiger partial charge in [0.2, 0.25) is 0 Å². The van der Waals surface area contributed by atoms with Crippen molar-refractivity contribution in [3.63, 3.8) is 0 Å². The molecule has 0 bridgehead atoms. The maximum Gasteiger partial charge on any atom is 0.410 e. The predicted octanol–water partition coefficient (Wildman–Crippen LogP) is 6.68. The van der Waals surface area contributed by atoms with E-state index in [2.05, 4.69) is 4.98 Å². The summed E-state index contributed by atoms with van der Waals surface area (Å²) in [6.07, 6.45) is 2.23. The zero-order valence-corrected chi connectivity index (χ0v) is 26.5. The average molecular weight is 622 g/mol. The smallest absolute Gasteiger partial charge is 0.410 e. The number of ether oxygens (including phenoxy) is 3. The number of amides is 1. The molecular weight excluding hydrogens is 586 g/mol. The van der Waals surface area contributed by atoms with Gasteiger partial charge in [0.05, 0.1) is 23.6 Å². The van der Waals surface area contributed by atoms with Gasteiger partial charge in [0, 0.05) is 37.0 Å². The Morgan fingerprint density at radius 3 is 2.56 bits per heavy atom. The number of likely N-dealkylation sites (tertiary alicyclic amines) is 1. The van der Waals surface area contributed by atoms with Crippen LogP contribution < -0.4 is 13.8 Å². The van der Waals surface area contributed by atoms with E-state index in [0.29, 0.717) is 36.0 Å². The van der Waals surface area contributed by atoms with Crippen molar-refractivity contribution in [2.45, 2.75) is 76.6 Å². The van der Waals surface area contributed by atoms with Crippen molar-refractivity contribution in [1.29, 1.82) is 0 Å². The molecule has 2 aromatic carbocycles. The lowest BCUT2D eigenvalue weighted by Gasteiger charge is -2.38. The SMILES string of the molecule is COc1ccc(CN(c2nccs2)S(=O)(=O)c2ccc(O[C@H]3CCN(C(=O)OC(C)(C)C)[C@H](C)C3)c(Cl)c2)c(C)c1. The molecule has 1 saturated heterocycles. The van der Waals surface area contributed by atoms with Crippen LogP contribution in [0.3, 0.4) is 0 Å². The zero-order valence-electron chi connectivity index (χ0n) is 24.1. The van der Waals surface area contributed by atoms with Crippen LogP contribution in [0.2, 0.25) is 5.02 Å². The highest BCUT2D eigenvalue weighted by molar-refractivity contribution is 7.93. The molecule has 1 aromatic heterocycles. The van der Waals surface area contributed by atoms with Crippen molar-refractivity contribution in [2.75, 3.05) is 18.0 Å². The van der Waals surface area contributed by atoms with Gasteiger partial charge in [-0.3, -0.25) is 0 Å². The molecule has 9 nitrogen and oxygen atoms in total. The van der Waals surface area contributed by atoms with Gasteiger partial charge < -0.3 is 19.1 Å². The Balaban J connectivity index is 1.51. The molecule has 0 unspecified atom stereocenters. The van der Waals surface area contributed by atoms with Gasteiger partial charge in [0.25, 0.3) is 10.0 Å². The van der Waals surface area contributed by atoms with E-state index in [-0.39, 0.29) is 34.7 Å². The Morgan fingerprint density at radius 1 is 1.22 bits per heavy atom. The summed E-state index contributed by atoms with van der Waals surface area (Å²) < 4.78 is 46.0. The minimum Gasteiger partial charge on any atom is -0.497 e. The first-order valence-corrected chi connectivity index (χ1v) is 16.0. The molecule has 2 heterocycles. The van der Waals surface area contributed by atoms with Crippen LogP contribution in [0, 0.1) is 6.92 Å². The highest BCUT2D eigenvalue weighted by Gasteiger charge is 2.33. The molecule has 4 rings (SSSR count). The van der Waals surface area contributed by atoms with Crippen LogP contribution in [-0.2, 0) is 21.3 Å². The molecule has 41 heavy (non-hydrogen) atoms. The van der Waals surface area contributed by atoms with E-state index < -0.39 is 15.6 Å². The first-order valence-electron chi connectivity index (χ1n) is 13.3. The molecule has 0 spiro atoms. The molecule has 1 aliphatic heterocycles. The first-order chi connectivity index (χ1) is 19.3. The van der Waals surface area contributed by atoms with Gasteiger partial charge in [0.15, 0.2) is 5.13 Å². The number of piperidine rings is 1. The number of anilines is 1. The maximum absolute atomic E-state index is 13.9. The van der Waals surface area contributed by atoms with Crippen molar-refractivity contribution in [1.82, 2.24) is 9.88 Å². The van der Waals surface area contributed by atoms with Crippen LogP contribution in [0.15, 0.2) is 52.9 Å². The average Bonchev–Trinajstić information content (AvgIpc) is 3.42. The van der Waals surface area contributed by atoms with Crippen LogP contribution in [0.1, 0.15) is 51.7 Å². The molecule has 2 atom stereocenters. The van der Waals surface area contributed by atoms with E-state index in [0.717, 1.165) is 11.1 Å². The number of carbonyl (C=O) groups excluding carboxylic acids is 1. The highest BCUT2D eigenvalue weighted by atomic mass is 35.5. The largest absolute Gasteiger partial charge is 0.497 e. The van der Waals surface area contributed by atoms with Crippen LogP contribution in [0.5, 0.6) is 11.5 Å². The first kappa shape index (κ1) is 30.9. The van der Waals surface area contributed by atoms with Gasteiger partial charge in [-0.1, -0.05) is 17.7 Å². The summed E-state index contributed by atoms with van der Waals surface area (Å²) in [6, 6.07) is 9.92. The monoisotopic (exact) mass is 621 g/mol. The summed E-state index contributed by atoms with van der Waals surface area (Å²) >= 11 is 7.81. The molecule has 1 amide bonds. The van der Waals surface area contributed by atoms with E-state index in [9.17, 15) is 13.2 Å². The number of methoxy groups -OCH3 is 1. The lowest BCUT2D eigenvalue weighted by Crippen LogP contribution is -2.49. The summed E-state index contributed by atoms with van der Waals surface area (Å²) in [5.74, 6) is 1.09. The van der Waals surface area contributed by atoms with Gasteiger partial charge in [0.1, 0.15) is 23.2 Å². The van der Waals surface area contributed by atoms with E-state index >= 15 is 0 Å². The number of carbonyl (C=O) groups is 1. The van der Waals surface area contributed by atoms with Crippen molar-refractivity contribution in [3.05, 3.63) is 64.1 Å². The van der Waals surface area contributed by atoms with Gasteiger partial charge in [-0.05, 0) is 76.1 Å². The van der Waals surface area contributed by atoms with Crippen LogP contribution in [0.25, 0.3) is 0 Å². The van der Waals surface area contributed by atoms with Crippen LogP contribution in [0.4, 0.5) is 9.93 Å². The van der Waals surface area contributed by atoms with Crippen molar-refractivity contribution < 1.29 is 27.4 Å². The van der Waals surface area contributed by atoms with Gasteiger partial charge in [-0.25, -0.2) is 22.5 Å². The number of halogens is 1. The third-order valence-corrected chi connectivity index (χ3v) is 9.67. The van der Waals surface area contributed by atoms with E-state index in [1.807, 2.05) is 46.8 Å². The third kappa shape index (κ3) is 7.44. The molecular formula is C29H36ClN3O6S2. The fraction of sp³-hybridized carbons (Fsp3) is 0.448. The summed E-state index contributed by atoms with van der Waals surface area (Å²) in [5, 5.41) is 2.27. The fourth-order valence-corrected chi connectivity index (χ4v) is 7.18. The highest BCUT2D eigenvalue weighted by Crippen LogP contribution is 2.34. The standard InChI is InChI=1S/C29H36ClN3O6S2/c1-19-15-22(37-6)8-7-21(19)18-33(27-31-12-14-40-27)41(35,36)24-9-10-26(25(30)17-24)38-23-11-13-32(20(2)16-23)28(34)39-29(3,4)5/h7-10,12,14-15,17,20,23H,11,13,16,18H2,1-6H3/t20-,23+/m1/s1. The third-order valence-electron chi connectivity index (χ3n) is 6.74. The molecule has 3 aromatic rings. The summed E-state index contributed by atoms with van der Waals surface area (Å²) in [7, 11) is -2.43. The summed E-state index contributed by atoms with van der Waals surface area (Å²) in [4.78, 5) is 18.6. The Bertz CT molecular complexity index is 1470. The number of rotatable bonds is 8. The van der Waals surface area contributed by atoms with Crippen molar-refractivity contribution >= 4 is 44.2 Å². The lowest BCUT2D eigenvalue weighted by atomic mass is 10.0. The Hall–Kier alpha value is -3.02. The molecule has 0 radical (unpaired) electrons. The topological polar surface area (TPSA) is 98.3 Å². The number of hydrogen-bond donors (Lipinski definition) is 0. The Labute approximate surface area is 251 Å². The van der Waals surface area contributed by atoms with E-state index in [1.54, 1.807) is 35.7 Å². The minimum absolute atomic E-state index is 0.0318. The fourth-order valence-electron chi connectivity index (χ4n) is 4.59. The molecule has 0 aliphatic carbocycles. The lowest BCUT2D eigenvalue weighted by molar-refractivity contribution is -0.00103. The number of thiazole rings is 1. The van der Waals surface area contributed by atoms with Crippen molar-refractivity contribution in [2.24, 2.45) is 0 Å². The summed E-state index contributed by atoms with van der Waals surface area (Å²) in [6.45, 7) is 9.96. The number of hydrogen-bond acceptors (Lipinski definition) is 8. The molecule has 0 saturated carbocycles. The molecule has 0 N–H and O–H groups in total. The van der Waals surface area contributed by atoms with Crippen LogP contribution in [-0.4, -0.2) is 55.8 Å². The number of aromatic nitrogens is 1. The van der Waals surface area contributed by atoms with E-state index in [4.69, 9.17) is 25.8 Å². The number of benzene rings is 2. The molecule has 12 heteroatoms. The number of sulfonamides is 1. The van der Waals surface area contributed by atoms with E-state index in [1.165, 1.54) is 27.8 Å². The molecule has 1 fully saturated rings. The molecule has 1 aliphatic rings. The van der Waals surface area contributed by atoms with Gasteiger partial charge in [-0.15, -0.1) is 11.3 Å². The second-order valence-corrected chi connectivity index (χ2v) is 14.1. The number of nitrogens with zero attached hydrogens (tertiary/aromatic N) is 3.